The van der Waals surface area contributed by atoms with E-state index in [2.05, 4.69) is 10.6 Å². The number of nitrogens with one attached hydrogen (secondary N) is 2. The van der Waals surface area contributed by atoms with Crippen molar-refractivity contribution in [2.75, 3.05) is 23.8 Å². The number of ether oxygens (including phenoxy) is 2. The first-order valence-electron chi connectivity index (χ1n) is 7.37. The Morgan fingerprint density at radius 2 is 2.10 bits per heavy atom. The second-order valence-corrected chi connectivity index (χ2v) is 6.27. The molecule has 0 spiro atoms. The summed E-state index contributed by atoms with van der Waals surface area (Å²) in [5.74, 6) is 0. The summed E-state index contributed by atoms with van der Waals surface area (Å²) in [6.45, 7) is 7.09. The normalized spacial score (nSPS) is 18.9. The summed E-state index contributed by atoms with van der Waals surface area (Å²) in [5.41, 5.74) is 1.18. The van der Waals surface area contributed by atoms with Crippen LogP contribution >= 0.6 is 0 Å². The van der Waals surface area contributed by atoms with Gasteiger partial charge in [-0.3, -0.25) is 5.32 Å². The lowest BCUT2D eigenvalue weighted by atomic mass is 10.1. The Kier molecular flexibility index (Phi) is 5.07. The van der Waals surface area contributed by atoms with Gasteiger partial charge in [-0.2, -0.15) is 0 Å². The molecule has 1 saturated heterocycles. The number of carbonyl (C=O) groups is 1. The molecule has 1 unspecified atom stereocenters. The topological polar surface area (TPSA) is 59.6 Å². The van der Waals surface area contributed by atoms with Gasteiger partial charge < -0.3 is 14.8 Å². The molecule has 0 saturated carbocycles. The van der Waals surface area contributed by atoms with Crippen LogP contribution in [-0.2, 0) is 9.47 Å². The summed E-state index contributed by atoms with van der Waals surface area (Å²) >= 11 is 0. The number of carbonyl (C=O) groups excluding carboxylic acids is 1. The second kappa shape index (κ2) is 6.80. The fourth-order valence-electron chi connectivity index (χ4n) is 2.20. The molecule has 1 aromatic rings. The molecule has 21 heavy (non-hydrogen) atoms. The highest BCUT2D eigenvalue weighted by Gasteiger charge is 2.17. The quantitative estimate of drug-likeness (QED) is 0.893. The highest BCUT2D eigenvalue weighted by atomic mass is 16.6. The van der Waals surface area contributed by atoms with Gasteiger partial charge in [0, 0.05) is 24.0 Å². The summed E-state index contributed by atoms with van der Waals surface area (Å²) in [7, 11) is 0. The molecule has 1 aromatic carbocycles. The lowest BCUT2D eigenvalue weighted by Gasteiger charge is -2.24. The molecule has 116 valence electrons. The monoisotopic (exact) mass is 292 g/mol. The molecule has 1 aliphatic heterocycles. The first-order chi connectivity index (χ1) is 9.92. The average Bonchev–Trinajstić information content (AvgIpc) is 2.38. The Morgan fingerprint density at radius 1 is 1.33 bits per heavy atom. The van der Waals surface area contributed by atoms with Crippen molar-refractivity contribution < 1.29 is 14.3 Å². The van der Waals surface area contributed by atoms with Crippen LogP contribution in [0.2, 0.25) is 0 Å². The van der Waals surface area contributed by atoms with Gasteiger partial charge in [0.05, 0.1) is 6.61 Å². The van der Waals surface area contributed by atoms with Crippen molar-refractivity contribution in [3.63, 3.8) is 0 Å². The van der Waals surface area contributed by atoms with Gasteiger partial charge in [0.25, 0.3) is 0 Å². The second-order valence-electron chi connectivity index (χ2n) is 6.27. The van der Waals surface area contributed by atoms with Crippen LogP contribution in [0.5, 0.6) is 0 Å². The first-order valence-corrected chi connectivity index (χ1v) is 7.37. The minimum atomic E-state index is -0.501. The van der Waals surface area contributed by atoms with Crippen molar-refractivity contribution in [1.29, 1.82) is 0 Å². The van der Waals surface area contributed by atoms with E-state index in [9.17, 15) is 4.79 Å². The maximum absolute atomic E-state index is 11.8. The van der Waals surface area contributed by atoms with Crippen molar-refractivity contribution in [3.05, 3.63) is 24.3 Å². The predicted molar refractivity (Wildman–Crippen MR) is 83.8 cm³/mol. The highest BCUT2D eigenvalue weighted by molar-refractivity contribution is 5.85. The van der Waals surface area contributed by atoms with Crippen LogP contribution in [0.1, 0.15) is 33.6 Å². The maximum atomic E-state index is 11.8. The molecule has 1 fully saturated rings. The fourth-order valence-corrected chi connectivity index (χ4v) is 2.20. The molecule has 1 atom stereocenters. The largest absolute Gasteiger partial charge is 0.444 e. The zero-order valence-electron chi connectivity index (χ0n) is 12.9. The van der Waals surface area contributed by atoms with Gasteiger partial charge >= 0.3 is 6.09 Å². The molecule has 0 radical (unpaired) electrons. The summed E-state index contributed by atoms with van der Waals surface area (Å²) in [4.78, 5) is 11.8. The van der Waals surface area contributed by atoms with E-state index < -0.39 is 11.7 Å². The number of hydrogen-bond acceptors (Lipinski definition) is 4. The molecule has 5 heteroatoms. The third-order valence-electron chi connectivity index (χ3n) is 3.04. The molecule has 1 aliphatic rings. The zero-order chi connectivity index (χ0) is 15.3. The highest BCUT2D eigenvalue weighted by Crippen LogP contribution is 2.19. The molecule has 2 rings (SSSR count). The summed E-state index contributed by atoms with van der Waals surface area (Å²) in [6.07, 6.45) is 1.73. The van der Waals surface area contributed by atoms with Crippen molar-refractivity contribution in [2.24, 2.45) is 0 Å². The minimum Gasteiger partial charge on any atom is -0.444 e. The van der Waals surface area contributed by atoms with Gasteiger partial charge in [0.1, 0.15) is 5.60 Å². The lowest BCUT2D eigenvalue weighted by Crippen LogP contribution is -2.30. The van der Waals surface area contributed by atoms with Crippen LogP contribution < -0.4 is 10.6 Å². The Hall–Kier alpha value is -1.75. The van der Waals surface area contributed by atoms with Gasteiger partial charge in [-0.05, 0) is 51.8 Å². The Morgan fingerprint density at radius 3 is 2.76 bits per heavy atom. The molecule has 5 nitrogen and oxygen atoms in total. The third kappa shape index (κ3) is 5.63. The molecular weight excluding hydrogens is 268 g/mol. The first kappa shape index (κ1) is 15.6. The van der Waals surface area contributed by atoms with E-state index in [0.29, 0.717) is 11.7 Å². The number of amides is 1. The van der Waals surface area contributed by atoms with E-state index in [1.807, 2.05) is 45.0 Å². The van der Waals surface area contributed by atoms with Crippen LogP contribution in [0.15, 0.2) is 24.3 Å². The predicted octanol–water partition coefficient (Wildman–Crippen LogP) is 3.62. The van der Waals surface area contributed by atoms with Crippen molar-refractivity contribution in [3.8, 4) is 0 Å². The molecular formula is C16H24N2O3. The third-order valence-corrected chi connectivity index (χ3v) is 3.04. The van der Waals surface area contributed by atoms with Gasteiger partial charge in [-0.15, -0.1) is 0 Å². The molecule has 0 aliphatic carbocycles. The van der Waals surface area contributed by atoms with Crippen LogP contribution in [-0.4, -0.2) is 30.9 Å². The van der Waals surface area contributed by atoms with E-state index >= 15 is 0 Å². The van der Waals surface area contributed by atoms with E-state index in [0.717, 1.165) is 31.7 Å². The fraction of sp³-hybridized carbons (Fsp3) is 0.562. The average molecular weight is 292 g/mol. The van der Waals surface area contributed by atoms with Crippen molar-refractivity contribution in [1.82, 2.24) is 0 Å². The van der Waals surface area contributed by atoms with E-state index in [1.165, 1.54) is 0 Å². The minimum absolute atomic E-state index is 0.329. The Labute approximate surface area is 126 Å². The van der Waals surface area contributed by atoms with E-state index in [4.69, 9.17) is 9.47 Å². The van der Waals surface area contributed by atoms with Crippen LogP contribution in [0, 0.1) is 0 Å². The van der Waals surface area contributed by atoms with Gasteiger partial charge in [0.15, 0.2) is 0 Å². The molecule has 0 bridgehead atoms. The standard InChI is InChI=1S/C16H24N2O3/c1-16(2,3)21-15(19)18-13-7-4-6-12(10-13)17-14-8-5-9-20-11-14/h4,6-7,10,14,17H,5,8-9,11H2,1-3H3,(H,18,19). The van der Waals surface area contributed by atoms with Crippen molar-refractivity contribution >= 4 is 17.5 Å². The number of benzene rings is 1. The number of anilines is 2. The van der Waals surface area contributed by atoms with E-state index in [-0.39, 0.29) is 0 Å². The summed E-state index contributed by atoms with van der Waals surface area (Å²) in [6, 6.07) is 7.95. The maximum Gasteiger partial charge on any atom is 0.412 e. The van der Waals surface area contributed by atoms with Gasteiger partial charge in [-0.25, -0.2) is 4.79 Å². The molecule has 1 amide bonds. The van der Waals surface area contributed by atoms with Crippen LogP contribution in [0.3, 0.4) is 0 Å². The SMILES string of the molecule is CC(C)(C)OC(=O)Nc1cccc(NC2CCCOC2)c1. The molecule has 2 N–H and O–H groups in total. The van der Waals surface area contributed by atoms with Gasteiger partial charge in [-0.1, -0.05) is 6.07 Å². The van der Waals surface area contributed by atoms with Gasteiger partial charge in [0.2, 0.25) is 0 Å². The Balaban J connectivity index is 1.92. The summed E-state index contributed by atoms with van der Waals surface area (Å²) in [5, 5.41) is 6.17. The molecule has 1 heterocycles. The summed E-state index contributed by atoms with van der Waals surface area (Å²) < 4.78 is 10.7. The number of hydrogen-bond donors (Lipinski definition) is 2. The smallest absolute Gasteiger partial charge is 0.412 e. The van der Waals surface area contributed by atoms with Crippen LogP contribution in [0.25, 0.3) is 0 Å². The number of rotatable bonds is 3. The Bertz CT molecular complexity index is 477. The zero-order valence-corrected chi connectivity index (χ0v) is 12.9. The van der Waals surface area contributed by atoms with Crippen molar-refractivity contribution in [2.45, 2.75) is 45.3 Å². The molecule has 0 aromatic heterocycles. The lowest BCUT2D eigenvalue weighted by molar-refractivity contribution is 0.0636. The van der Waals surface area contributed by atoms with Crippen LogP contribution in [0.4, 0.5) is 16.2 Å². The van der Waals surface area contributed by atoms with E-state index in [1.54, 1.807) is 0 Å².